The second kappa shape index (κ2) is 4.91. The smallest absolute Gasteiger partial charge is 0.400 e. The van der Waals surface area contributed by atoms with Gasteiger partial charge < -0.3 is 9.47 Å². The average molecular weight is 260 g/mol. The lowest BCUT2D eigenvalue weighted by molar-refractivity contribution is 0.149. The Kier molecular flexibility index (Phi) is 3.51. The highest BCUT2D eigenvalue weighted by Crippen LogP contribution is 2.19. The van der Waals surface area contributed by atoms with E-state index < -0.39 is 16.5 Å². The molecular weight excluding hydrogens is 248 g/mol. The minimum atomic E-state index is -3.81. The summed E-state index contributed by atoms with van der Waals surface area (Å²) in [6, 6.07) is 6.95. The van der Waals surface area contributed by atoms with Gasteiger partial charge in [-0.2, -0.15) is 8.42 Å². The van der Waals surface area contributed by atoms with Crippen molar-refractivity contribution in [3.8, 4) is 11.5 Å². The zero-order valence-electron chi connectivity index (χ0n) is 9.16. The summed E-state index contributed by atoms with van der Waals surface area (Å²) >= 11 is 0. The molecular formula is C10H12O6S. The van der Waals surface area contributed by atoms with Crippen LogP contribution in [0, 0.1) is 0 Å². The van der Waals surface area contributed by atoms with Gasteiger partial charge in [0.2, 0.25) is 0 Å². The Balaban J connectivity index is 1.86. The normalized spacial score (nSPS) is 22.3. The van der Waals surface area contributed by atoms with Crippen molar-refractivity contribution >= 4 is 10.4 Å². The monoisotopic (exact) mass is 260 g/mol. The zero-order valence-corrected chi connectivity index (χ0v) is 9.98. The van der Waals surface area contributed by atoms with E-state index in [1.807, 2.05) is 0 Å². The third-order valence-corrected chi connectivity index (χ3v) is 3.08. The number of hydrogen-bond donors (Lipinski definition) is 0. The fourth-order valence-corrected chi connectivity index (χ4v) is 2.14. The molecule has 1 atom stereocenters. The van der Waals surface area contributed by atoms with Crippen LogP contribution in [0.4, 0.5) is 0 Å². The van der Waals surface area contributed by atoms with Crippen LogP contribution in [0.25, 0.3) is 0 Å². The second-order valence-corrected chi connectivity index (χ2v) is 4.64. The lowest BCUT2D eigenvalue weighted by atomic mass is 10.3. The molecule has 0 N–H and O–H groups in total. The highest BCUT2D eigenvalue weighted by atomic mass is 32.3. The van der Waals surface area contributed by atoms with Gasteiger partial charge in [-0.1, -0.05) is 0 Å². The van der Waals surface area contributed by atoms with Crippen LogP contribution in [-0.2, 0) is 18.8 Å². The van der Waals surface area contributed by atoms with Gasteiger partial charge in [0, 0.05) is 0 Å². The number of methoxy groups -OCH3 is 1. The molecule has 1 saturated heterocycles. The minimum absolute atomic E-state index is 0.0154. The highest BCUT2D eigenvalue weighted by Gasteiger charge is 2.30. The van der Waals surface area contributed by atoms with Gasteiger partial charge in [-0.25, -0.2) is 8.37 Å². The van der Waals surface area contributed by atoms with Crippen LogP contribution in [0.15, 0.2) is 24.3 Å². The molecule has 0 unspecified atom stereocenters. The van der Waals surface area contributed by atoms with Crippen LogP contribution in [-0.4, -0.2) is 34.8 Å². The van der Waals surface area contributed by atoms with E-state index in [1.54, 1.807) is 31.4 Å². The summed E-state index contributed by atoms with van der Waals surface area (Å²) < 4.78 is 41.0. The molecule has 94 valence electrons. The highest BCUT2D eigenvalue weighted by molar-refractivity contribution is 7.82. The quantitative estimate of drug-likeness (QED) is 0.795. The van der Waals surface area contributed by atoms with E-state index in [4.69, 9.17) is 9.47 Å². The second-order valence-electron chi connectivity index (χ2n) is 3.40. The molecule has 17 heavy (non-hydrogen) atoms. The van der Waals surface area contributed by atoms with E-state index in [0.29, 0.717) is 5.75 Å². The van der Waals surface area contributed by atoms with Gasteiger partial charge in [0.25, 0.3) is 0 Å². The first kappa shape index (κ1) is 12.2. The van der Waals surface area contributed by atoms with Crippen LogP contribution < -0.4 is 9.47 Å². The predicted molar refractivity (Wildman–Crippen MR) is 58.2 cm³/mol. The van der Waals surface area contributed by atoms with Gasteiger partial charge in [0.15, 0.2) is 0 Å². The molecule has 0 radical (unpaired) electrons. The van der Waals surface area contributed by atoms with Crippen molar-refractivity contribution < 1.29 is 26.3 Å². The van der Waals surface area contributed by atoms with Gasteiger partial charge in [-0.15, -0.1) is 0 Å². The molecule has 1 aromatic rings. The first-order chi connectivity index (χ1) is 8.09. The molecule has 0 saturated carbocycles. The summed E-state index contributed by atoms with van der Waals surface area (Å²) in [5, 5.41) is 0. The Morgan fingerprint density at radius 1 is 1.29 bits per heavy atom. The summed E-state index contributed by atoms with van der Waals surface area (Å²) in [6.45, 7) is 0.101. The van der Waals surface area contributed by atoms with Crippen LogP contribution in [0.2, 0.25) is 0 Å². The van der Waals surface area contributed by atoms with E-state index >= 15 is 0 Å². The Morgan fingerprint density at radius 3 is 2.47 bits per heavy atom. The molecule has 0 aliphatic carbocycles. The third-order valence-electron chi connectivity index (χ3n) is 2.15. The molecule has 1 fully saturated rings. The molecule has 2 rings (SSSR count). The van der Waals surface area contributed by atoms with Gasteiger partial charge in [-0.3, -0.25) is 0 Å². The SMILES string of the molecule is COc1ccc(OC[C@H]2COS(=O)(=O)O2)cc1. The topological polar surface area (TPSA) is 71.1 Å². The summed E-state index contributed by atoms with van der Waals surface area (Å²) in [5.74, 6) is 1.33. The van der Waals surface area contributed by atoms with E-state index in [-0.39, 0.29) is 13.2 Å². The van der Waals surface area contributed by atoms with E-state index in [2.05, 4.69) is 8.37 Å². The van der Waals surface area contributed by atoms with Crippen molar-refractivity contribution in [2.24, 2.45) is 0 Å². The van der Waals surface area contributed by atoms with Crippen LogP contribution in [0.3, 0.4) is 0 Å². The Morgan fingerprint density at radius 2 is 1.94 bits per heavy atom. The molecule has 1 aliphatic rings. The van der Waals surface area contributed by atoms with E-state index in [9.17, 15) is 8.42 Å². The fraction of sp³-hybridized carbons (Fsp3) is 0.400. The van der Waals surface area contributed by atoms with Crippen molar-refractivity contribution in [3.05, 3.63) is 24.3 Å². The molecule has 1 heterocycles. The first-order valence-electron chi connectivity index (χ1n) is 4.93. The van der Waals surface area contributed by atoms with Gasteiger partial charge >= 0.3 is 10.4 Å². The summed E-state index contributed by atoms with van der Waals surface area (Å²) in [5.41, 5.74) is 0. The molecule has 7 heteroatoms. The lowest BCUT2D eigenvalue weighted by Crippen LogP contribution is -2.20. The molecule has 0 spiro atoms. The predicted octanol–water partition coefficient (Wildman–Crippen LogP) is 0.734. The zero-order chi connectivity index (χ0) is 12.3. The largest absolute Gasteiger partial charge is 0.497 e. The maximum atomic E-state index is 10.8. The number of ether oxygens (including phenoxy) is 2. The van der Waals surface area contributed by atoms with E-state index in [0.717, 1.165) is 5.75 Å². The summed E-state index contributed by atoms with van der Waals surface area (Å²) in [6.07, 6.45) is -0.595. The molecule has 0 bridgehead atoms. The van der Waals surface area contributed by atoms with Crippen molar-refractivity contribution in [1.82, 2.24) is 0 Å². The maximum absolute atomic E-state index is 10.8. The maximum Gasteiger partial charge on any atom is 0.400 e. The molecule has 6 nitrogen and oxygen atoms in total. The number of benzene rings is 1. The lowest BCUT2D eigenvalue weighted by Gasteiger charge is -2.09. The standard InChI is InChI=1S/C10H12O6S/c1-13-8-2-4-9(5-3-8)14-6-10-7-15-17(11,12)16-10/h2-5,10H,6-7H2,1H3/t10-/m0/s1. The average Bonchev–Trinajstić information content (AvgIpc) is 2.67. The van der Waals surface area contributed by atoms with Crippen molar-refractivity contribution in [1.29, 1.82) is 0 Å². The fourth-order valence-electron chi connectivity index (χ4n) is 1.32. The molecule has 1 aliphatic heterocycles. The van der Waals surface area contributed by atoms with Gasteiger partial charge in [-0.05, 0) is 24.3 Å². The summed E-state index contributed by atoms with van der Waals surface area (Å²) in [7, 11) is -2.24. The van der Waals surface area contributed by atoms with Crippen molar-refractivity contribution in [2.45, 2.75) is 6.10 Å². The number of rotatable bonds is 4. The Bertz CT molecular complexity index is 466. The summed E-state index contributed by atoms with van der Waals surface area (Å²) in [4.78, 5) is 0. The van der Waals surface area contributed by atoms with Crippen LogP contribution in [0.5, 0.6) is 11.5 Å². The Labute approximate surface area is 99.4 Å². The molecule has 0 aromatic heterocycles. The third kappa shape index (κ3) is 3.32. The van der Waals surface area contributed by atoms with Gasteiger partial charge in [0.05, 0.1) is 13.7 Å². The van der Waals surface area contributed by atoms with Crippen LogP contribution >= 0.6 is 0 Å². The van der Waals surface area contributed by atoms with Crippen molar-refractivity contribution in [3.63, 3.8) is 0 Å². The Hall–Kier alpha value is -1.31. The number of hydrogen-bond acceptors (Lipinski definition) is 6. The van der Waals surface area contributed by atoms with Crippen LogP contribution in [0.1, 0.15) is 0 Å². The van der Waals surface area contributed by atoms with E-state index in [1.165, 1.54) is 0 Å². The first-order valence-corrected chi connectivity index (χ1v) is 6.27. The molecule has 1 aromatic carbocycles. The van der Waals surface area contributed by atoms with Gasteiger partial charge in [0.1, 0.15) is 24.2 Å². The molecule has 0 amide bonds. The minimum Gasteiger partial charge on any atom is -0.497 e. The van der Waals surface area contributed by atoms with Crippen molar-refractivity contribution in [2.75, 3.05) is 20.3 Å².